The number of hydrogen-bond acceptors (Lipinski definition) is 4. The molecule has 0 saturated carbocycles. The molecular formula is C4H13N3O5S. The fraction of sp³-hybridized carbons (Fsp3) is 0.750. The molecule has 0 spiro atoms. The Morgan fingerprint density at radius 3 is 1.85 bits per heavy atom. The smallest absolute Gasteiger partial charge is 0.370 e. The van der Waals surface area contributed by atoms with Gasteiger partial charge in [0.2, 0.25) is 0 Å². The van der Waals surface area contributed by atoms with Gasteiger partial charge in [-0.05, 0) is 6.92 Å². The van der Waals surface area contributed by atoms with Crippen molar-refractivity contribution < 1.29 is 22.3 Å². The number of aliphatic imine (C=N–C) groups is 1. The second-order valence-electron chi connectivity index (χ2n) is 1.84. The lowest BCUT2D eigenvalue weighted by Gasteiger charge is -2.01. The van der Waals surface area contributed by atoms with Gasteiger partial charge < -0.3 is 16.2 Å². The minimum Gasteiger partial charge on any atom is -0.370 e. The molecule has 13 heavy (non-hydrogen) atoms. The van der Waals surface area contributed by atoms with Crippen molar-refractivity contribution >= 4 is 16.4 Å². The van der Waals surface area contributed by atoms with E-state index >= 15 is 0 Å². The molecule has 6 N–H and O–H groups in total. The van der Waals surface area contributed by atoms with Crippen LogP contribution in [0.5, 0.6) is 0 Å². The summed E-state index contributed by atoms with van der Waals surface area (Å²) in [7, 11) is -3.13. The second kappa shape index (κ2) is 6.60. The van der Waals surface area contributed by atoms with Crippen LogP contribution in [0.2, 0.25) is 0 Å². The molecule has 1 atom stereocenters. The van der Waals surface area contributed by atoms with Crippen LogP contribution in [0.15, 0.2) is 4.99 Å². The Bertz CT molecular complexity index is 237. The maximum absolute atomic E-state index is 8.74. The van der Waals surface area contributed by atoms with E-state index in [9.17, 15) is 0 Å². The summed E-state index contributed by atoms with van der Waals surface area (Å²) in [5, 5.41) is 0. The Labute approximate surface area is 76.2 Å². The summed E-state index contributed by atoms with van der Waals surface area (Å²) < 4.78 is 36.3. The van der Waals surface area contributed by atoms with Crippen molar-refractivity contribution in [2.75, 3.05) is 7.11 Å². The molecule has 0 amide bonds. The largest absolute Gasteiger partial charge is 0.394 e. The summed E-state index contributed by atoms with van der Waals surface area (Å²) >= 11 is 0. The van der Waals surface area contributed by atoms with E-state index in [-0.39, 0.29) is 12.2 Å². The molecule has 0 aromatic heterocycles. The Balaban J connectivity index is 0. The standard InChI is InChI=1S/C4H11N3O.H2O4S/c1-3(8-2)7-4(5)6;1-5(2,3)4/h3H,1-2H3,(H4,5,6,7);(H2,1,2,3,4). The molecule has 0 fully saturated rings. The molecule has 0 bridgehead atoms. The molecule has 0 aromatic rings. The van der Waals surface area contributed by atoms with Gasteiger partial charge >= 0.3 is 10.4 Å². The lowest BCUT2D eigenvalue weighted by molar-refractivity contribution is 0.126. The Kier molecular flexibility index (Phi) is 7.42. The van der Waals surface area contributed by atoms with E-state index in [0.717, 1.165) is 0 Å². The molecule has 9 heteroatoms. The third-order valence-electron chi connectivity index (χ3n) is 0.672. The Morgan fingerprint density at radius 1 is 1.46 bits per heavy atom. The molecule has 0 rings (SSSR count). The van der Waals surface area contributed by atoms with E-state index in [1.807, 2.05) is 0 Å². The highest BCUT2D eigenvalue weighted by atomic mass is 32.3. The maximum atomic E-state index is 8.74. The molecule has 0 aliphatic heterocycles. The van der Waals surface area contributed by atoms with E-state index in [0.29, 0.717) is 0 Å². The summed E-state index contributed by atoms with van der Waals surface area (Å²) in [5.74, 6) is 0.0550. The van der Waals surface area contributed by atoms with Crippen molar-refractivity contribution in [3.63, 3.8) is 0 Å². The van der Waals surface area contributed by atoms with Crippen LogP contribution in [0.1, 0.15) is 6.92 Å². The Morgan fingerprint density at radius 2 is 1.77 bits per heavy atom. The van der Waals surface area contributed by atoms with E-state index in [1.54, 1.807) is 6.92 Å². The number of hydrogen-bond donors (Lipinski definition) is 4. The quantitative estimate of drug-likeness (QED) is 0.251. The molecule has 0 aliphatic rings. The van der Waals surface area contributed by atoms with Gasteiger partial charge in [0, 0.05) is 7.11 Å². The highest BCUT2D eigenvalue weighted by Crippen LogP contribution is 1.85. The van der Waals surface area contributed by atoms with Crippen LogP contribution < -0.4 is 11.5 Å². The third kappa shape index (κ3) is 35.3. The van der Waals surface area contributed by atoms with Gasteiger partial charge in [-0.15, -0.1) is 0 Å². The molecule has 0 aliphatic carbocycles. The van der Waals surface area contributed by atoms with E-state index in [1.165, 1.54) is 7.11 Å². The van der Waals surface area contributed by atoms with Gasteiger partial charge in [-0.3, -0.25) is 9.11 Å². The van der Waals surface area contributed by atoms with Gasteiger partial charge in [-0.1, -0.05) is 0 Å². The lowest BCUT2D eigenvalue weighted by Crippen LogP contribution is -2.25. The second-order valence-corrected chi connectivity index (χ2v) is 2.73. The number of guanidine groups is 1. The van der Waals surface area contributed by atoms with E-state index in [4.69, 9.17) is 33.7 Å². The first-order valence-electron chi connectivity index (χ1n) is 2.98. The number of nitrogens with zero attached hydrogens (tertiary/aromatic N) is 1. The summed E-state index contributed by atoms with van der Waals surface area (Å²) in [6.45, 7) is 1.75. The highest BCUT2D eigenvalue weighted by Gasteiger charge is 1.91. The highest BCUT2D eigenvalue weighted by molar-refractivity contribution is 7.79. The summed E-state index contributed by atoms with van der Waals surface area (Å²) in [4.78, 5) is 3.65. The topological polar surface area (TPSA) is 148 Å². The van der Waals surface area contributed by atoms with Crippen LogP contribution in [0.25, 0.3) is 0 Å². The van der Waals surface area contributed by atoms with Gasteiger partial charge in [0.05, 0.1) is 0 Å². The van der Waals surface area contributed by atoms with Gasteiger partial charge in [0.1, 0.15) is 6.23 Å². The van der Waals surface area contributed by atoms with Gasteiger partial charge in [0.25, 0.3) is 0 Å². The van der Waals surface area contributed by atoms with Crippen LogP contribution in [0.3, 0.4) is 0 Å². The number of rotatable bonds is 2. The van der Waals surface area contributed by atoms with Crippen LogP contribution in [-0.2, 0) is 15.1 Å². The molecule has 0 radical (unpaired) electrons. The fourth-order valence-corrected chi connectivity index (χ4v) is 0.263. The molecule has 1 unspecified atom stereocenters. The molecule has 0 aromatic carbocycles. The van der Waals surface area contributed by atoms with Crippen LogP contribution in [0.4, 0.5) is 0 Å². The van der Waals surface area contributed by atoms with Crippen molar-refractivity contribution in [1.29, 1.82) is 0 Å². The molecule has 0 heterocycles. The predicted molar refractivity (Wildman–Crippen MR) is 46.5 cm³/mol. The van der Waals surface area contributed by atoms with Crippen molar-refractivity contribution in [2.24, 2.45) is 16.5 Å². The van der Waals surface area contributed by atoms with E-state index < -0.39 is 10.4 Å². The average molecular weight is 215 g/mol. The van der Waals surface area contributed by atoms with Crippen molar-refractivity contribution in [3.8, 4) is 0 Å². The van der Waals surface area contributed by atoms with Gasteiger partial charge in [-0.2, -0.15) is 8.42 Å². The van der Waals surface area contributed by atoms with Crippen molar-refractivity contribution in [1.82, 2.24) is 0 Å². The molecule has 80 valence electrons. The summed E-state index contributed by atoms with van der Waals surface area (Å²) in [6.07, 6.45) is -0.236. The van der Waals surface area contributed by atoms with E-state index in [2.05, 4.69) is 4.99 Å². The van der Waals surface area contributed by atoms with Crippen LogP contribution in [-0.4, -0.2) is 36.8 Å². The van der Waals surface area contributed by atoms with Gasteiger partial charge in [0.15, 0.2) is 5.96 Å². The summed E-state index contributed by atoms with van der Waals surface area (Å²) in [5.41, 5.74) is 10.0. The monoisotopic (exact) mass is 215 g/mol. The van der Waals surface area contributed by atoms with Gasteiger partial charge in [-0.25, -0.2) is 4.99 Å². The summed E-state index contributed by atoms with van der Waals surface area (Å²) in [6, 6.07) is 0. The third-order valence-corrected chi connectivity index (χ3v) is 0.672. The number of ether oxygens (including phenoxy) is 1. The first kappa shape index (κ1) is 14.6. The fourth-order valence-electron chi connectivity index (χ4n) is 0.263. The zero-order valence-corrected chi connectivity index (χ0v) is 8.02. The normalized spacial score (nSPS) is 12.3. The van der Waals surface area contributed by atoms with Crippen LogP contribution >= 0.6 is 0 Å². The Hall–Kier alpha value is -0.900. The average Bonchev–Trinajstić information content (AvgIpc) is 1.82. The number of nitrogens with two attached hydrogens (primary N) is 2. The molecule has 0 saturated heterocycles. The lowest BCUT2D eigenvalue weighted by atomic mass is 10.7. The number of methoxy groups -OCH3 is 1. The minimum absolute atomic E-state index is 0.0550. The first-order chi connectivity index (χ1) is 5.66. The van der Waals surface area contributed by atoms with Crippen molar-refractivity contribution in [3.05, 3.63) is 0 Å². The zero-order chi connectivity index (χ0) is 11.1. The van der Waals surface area contributed by atoms with Crippen LogP contribution in [0, 0.1) is 0 Å². The zero-order valence-electron chi connectivity index (χ0n) is 7.21. The first-order valence-corrected chi connectivity index (χ1v) is 4.38. The maximum Gasteiger partial charge on any atom is 0.394 e. The molecular weight excluding hydrogens is 202 g/mol. The SMILES string of the molecule is COC(C)N=C(N)N.O=S(=O)(O)O. The minimum atomic E-state index is -4.67. The van der Waals surface area contributed by atoms with Crippen molar-refractivity contribution in [2.45, 2.75) is 13.2 Å². The molecule has 8 nitrogen and oxygen atoms in total. The predicted octanol–water partition coefficient (Wildman–Crippen LogP) is -1.40.